The maximum absolute atomic E-state index is 13.3. The van der Waals surface area contributed by atoms with Crippen molar-refractivity contribution in [1.82, 2.24) is 5.32 Å². The number of hydrogen-bond acceptors (Lipinski definition) is 7. The Morgan fingerprint density at radius 3 is 1.75 bits per heavy atom. The van der Waals surface area contributed by atoms with E-state index in [1.165, 1.54) is 24.3 Å². The van der Waals surface area contributed by atoms with Crippen LogP contribution in [0.1, 0.15) is 32.6 Å². The zero-order chi connectivity index (χ0) is 31.4. The van der Waals surface area contributed by atoms with Gasteiger partial charge in [0.1, 0.15) is 17.1 Å². The number of hydrogen-bond donors (Lipinski definition) is 2. The summed E-state index contributed by atoms with van der Waals surface area (Å²) in [6, 6.07) is 29.2. The highest BCUT2D eigenvalue weighted by molar-refractivity contribution is 5.94. The predicted molar refractivity (Wildman–Crippen MR) is 156 cm³/mol. The average Bonchev–Trinajstić information content (AvgIpc) is 3.88. The van der Waals surface area contributed by atoms with Crippen molar-refractivity contribution in [1.29, 1.82) is 0 Å². The Kier molecular flexibility index (Phi) is 8.70. The van der Waals surface area contributed by atoms with Gasteiger partial charge < -0.3 is 24.6 Å². The van der Waals surface area contributed by atoms with E-state index in [2.05, 4.69) is 15.5 Å². The first-order valence-electron chi connectivity index (χ1n) is 13.7. The molecule has 0 saturated carbocycles. The van der Waals surface area contributed by atoms with E-state index in [0.717, 1.165) is 16.7 Å². The van der Waals surface area contributed by atoms with Gasteiger partial charge in [0.2, 0.25) is 0 Å². The summed E-state index contributed by atoms with van der Waals surface area (Å²) in [5, 5.41) is 19.9. The second-order valence-electron chi connectivity index (χ2n) is 10.1. The number of rotatable bonds is 12. The quantitative estimate of drug-likeness (QED) is 0.194. The Hall–Kier alpha value is -4.74. The molecule has 2 N–H and O–H groups in total. The standard InChI is InChI=1S/C33H30F3N3O5/c1-42-28-16-12-24(13-17-28)31(23-6-4-3-5-7-23,25-14-18-29(43-2)19-15-25)44-21-27(40)20-37-30(41)22-8-10-26(11-9-22)32(38-39-32)33(34,35)36/h3-19,27,40H,20-21H2,1-2H3,(H,37,41). The van der Waals surface area contributed by atoms with Crippen molar-refractivity contribution < 1.29 is 37.3 Å². The molecule has 0 fully saturated rings. The van der Waals surface area contributed by atoms with E-state index >= 15 is 0 Å². The van der Waals surface area contributed by atoms with Crippen molar-refractivity contribution in [2.75, 3.05) is 27.4 Å². The van der Waals surface area contributed by atoms with Crippen LogP contribution >= 0.6 is 0 Å². The second-order valence-corrected chi connectivity index (χ2v) is 10.1. The minimum atomic E-state index is -4.66. The van der Waals surface area contributed by atoms with Gasteiger partial charge in [-0.25, -0.2) is 0 Å². The third kappa shape index (κ3) is 6.01. The predicted octanol–water partition coefficient (Wildman–Crippen LogP) is 5.98. The summed E-state index contributed by atoms with van der Waals surface area (Å²) in [5.41, 5.74) is -1.42. The summed E-state index contributed by atoms with van der Waals surface area (Å²) < 4.78 is 57.2. The van der Waals surface area contributed by atoms with E-state index < -0.39 is 29.5 Å². The largest absolute Gasteiger partial charge is 0.497 e. The van der Waals surface area contributed by atoms with Crippen molar-refractivity contribution in [3.8, 4) is 11.5 Å². The van der Waals surface area contributed by atoms with Gasteiger partial charge in [0, 0.05) is 17.7 Å². The summed E-state index contributed by atoms with van der Waals surface area (Å²) in [5.74, 6) is 0.757. The number of aliphatic hydroxyl groups excluding tert-OH is 1. The van der Waals surface area contributed by atoms with E-state index in [1.807, 2.05) is 78.9 Å². The Morgan fingerprint density at radius 2 is 1.30 bits per heavy atom. The molecule has 1 aliphatic heterocycles. The Balaban J connectivity index is 1.35. The topological polar surface area (TPSA) is 102 Å². The maximum atomic E-state index is 13.3. The van der Waals surface area contributed by atoms with Gasteiger partial charge >= 0.3 is 11.8 Å². The Morgan fingerprint density at radius 1 is 0.795 bits per heavy atom. The van der Waals surface area contributed by atoms with Crippen LogP contribution in [0.15, 0.2) is 113 Å². The first-order valence-corrected chi connectivity index (χ1v) is 13.7. The van der Waals surface area contributed by atoms with Crippen LogP contribution in [0, 0.1) is 0 Å². The van der Waals surface area contributed by atoms with Crippen LogP contribution in [-0.4, -0.2) is 50.7 Å². The molecule has 0 aliphatic carbocycles. The molecule has 4 aromatic rings. The van der Waals surface area contributed by atoms with Gasteiger partial charge in [0.25, 0.3) is 5.91 Å². The SMILES string of the molecule is COc1ccc(C(OCC(O)CNC(=O)c2ccc(C3(C(F)(F)F)N=N3)cc2)(c2ccccc2)c2ccc(OC)cc2)cc1. The number of alkyl halides is 3. The molecule has 0 aromatic heterocycles. The molecule has 0 spiro atoms. The average molecular weight is 606 g/mol. The first-order chi connectivity index (χ1) is 21.1. The highest BCUT2D eigenvalue weighted by atomic mass is 19.4. The van der Waals surface area contributed by atoms with Gasteiger partial charge in [-0.3, -0.25) is 4.79 Å². The molecule has 1 atom stereocenters. The molecule has 5 rings (SSSR count). The number of nitrogens with one attached hydrogen (secondary N) is 1. The molecule has 8 nitrogen and oxygen atoms in total. The number of carbonyl (C=O) groups excluding carboxylic acids is 1. The lowest BCUT2D eigenvalue weighted by atomic mass is 9.80. The number of ether oxygens (including phenoxy) is 3. The molecule has 1 heterocycles. The molecule has 1 aliphatic rings. The molecular formula is C33H30F3N3O5. The fraction of sp³-hybridized carbons (Fsp3) is 0.242. The lowest BCUT2D eigenvalue weighted by molar-refractivity contribution is -0.166. The zero-order valence-corrected chi connectivity index (χ0v) is 23.9. The van der Waals surface area contributed by atoms with E-state index in [1.54, 1.807) is 14.2 Å². The lowest BCUT2D eigenvalue weighted by Gasteiger charge is -2.36. The van der Waals surface area contributed by atoms with Crippen molar-refractivity contribution in [2.45, 2.75) is 23.5 Å². The van der Waals surface area contributed by atoms with E-state index in [9.17, 15) is 23.1 Å². The molecule has 1 unspecified atom stereocenters. The van der Waals surface area contributed by atoms with Gasteiger partial charge in [-0.1, -0.05) is 66.7 Å². The van der Waals surface area contributed by atoms with Crippen LogP contribution in [0.4, 0.5) is 13.2 Å². The van der Waals surface area contributed by atoms with Crippen molar-refractivity contribution >= 4 is 5.91 Å². The zero-order valence-electron chi connectivity index (χ0n) is 23.9. The number of carbonyl (C=O) groups is 1. The van der Waals surface area contributed by atoms with Crippen LogP contribution < -0.4 is 14.8 Å². The number of methoxy groups -OCH3 is 2. The van der Waals surface area contributed by atoms with Gasteiger partial charge in [-0.15, -0.1) is 10.2 Å². The lowest BCUT2D eigenvalue weighted by Crippen LogP contribution is -2.39. The summed E-state index contributed by atoms with van der Waals surface area (Å²) in [6.07, 6.45) is -5.79. The van der Waals surface area contributed by atoms with Crippen molar-refractivity contribution in [3.63, 3.8) is 0 Å². The highest BCUT2D eigenvalue weighted by Crippen LogP contribution is 2.52. The van der Waals surface area contributed by atoms with Crippen LogP contribution in [0.2, 0.25) is 0 Å². The minimum Gasteiger partial charge on any atom is -0.497 e. The molecule has 44 heavy (non-hydrogen) atoms. The smallest absolute Gasteiger partial charge is 0.442 e. The number of aliphatic hydroxyl groups is 1. The third-order valence-corrected chi connectivity index (χ3v) is 7.41. The molecule has 1 amide bonds. The first kappa shape index (κ1) is 30.7. The summed E-state index contributed by atoms with van der Waals surface area (Å²) >= 11 is 0. The third-order valence-electron chi connectivity index (χ3n) is 7.41. The number of nitrogens with zero attached hydrogens (tertiary/aromatic N) is 2. The monoisotopic (exact) mass is 605 g/mol. The number of halogens is 3. The van der Waals surface area contributed by atoms with Gasteiger partial charge in [0.05, 0.1) is 26.9 Å². The van der Waals surface area contributed by atoms with Crippen molar-refractivity contribution in [3.05, 3.63) is 131 Å². The fourth-order valence-corrected chi connectivity index (χ4v) is 4.96. The van der Waals surface area contributed by atoms with E-state index in [-0.39, 0.29) is 24.3 Å². The minimum absolute atomic E-state index is 0.120. The van der Waals surface area contributed by atoms with Crippen LogP contribution in [-0.2, 0) is 16.0 Å². The van der Waals surface area contributed by atoms with E-state index in [4.69, 9.17) is 14.2 Å². The van der Waals surface area contributed by atoms with Gasteiger partial charge in [0.15, 0.2) is 0 Å². The van der Waals surface area contributed by atoms with Crippen molar-refractivity contribution in [2.24, 2.45) is 10.2 Å². The highest BCUT2D eigenvalue weighted by Gasteiger charge is 2.65. The molecule has 0 saturated heterocycles. The van der Waals surface area contributed by atoms with E-state index in [0.29, 0.717) is 11.5 Å². The fourth-order valence-electron chi connectivity index (χ4n) is 4.96. The normalized spacial score (nSPS) is 14.5. The molecule has 11 heteroatoms. The molecule has 4 aromatic carbocycles. The summed E-state index contributed by atoms with van der Waals surface area (Å²) in [6.45, 7) is -0.350. The second kappa shape index (κ2) is 12.5. The Bertz CT molecular complexity index is 1540. The molecular weight excluding hydrogens is 575 g/mol. The maximum Gasteiger partial charge on any atom is 0.442 e. The molecule has 0 radical (unpaired) electrons. The summed E-state index contributed by atoms with van der Waals surface area (Å²) in [7, 11) is 3.16. The molecule has 0 bridgehead atoms. The van der Waals surface area contributed by atoms with Crippen LogP contribution in [0.25, 0.3) is 0 Å². The summed E-state index contributed by atoms with van der Waals surface area (Å²) in [4.78, 5) is 12.8. The Labute approximate surface area is 252 Å². The molecule has 228 valence electrons. The van der Waals surface area contributed by atoms with Crippen LogP contribution in [0.3, 0.4) is 0 Å². The van der Waals surface area contributed by atoms with Gasteiger partial charge in [-0.05, 0) is 53.1 Å². The number of amides is 1. The van der Waals surface area contributed by atoms with Crippen LogP contribution in [0.5, 0.6) is 11.5 Å². The number of benzene rings is 4. The van der Waals surface area contributed by atoms with Gasteiger partial charge in [-0.2, -0.15) is 13.2 Å².